The summed E-state index contributed by atoms with van der Waals surface area (Å²) in [5.74, 6) is -0.836. The van der Waals surface area contributed by atoms with Crippen LogP contribution in [-0.2, 0) is 25.7 Å². The summed E-state index contributed by atoms with van der Waals surface area (Å²) in [5, 5.41) is 0. The Labute approximate surface area is 218 Å². The van der Waals surface area contributed by atoms with Crippen molar-refractivity contribution < 1.29 is 14.4 Å². The largest absolute Gasteiger partial charge is 0.288 e. The van der Waals surface area contributed by atoms with E-state index in [0.29, 0.717) is 39.3 Å². The van der Waals surface area contributed by atoms with E-state index >= 15 is 0 Å². The summed E-state index contributed by atoms with van der Waals surface area (Å²) < 4.78 is 1.42. The molecule has 0 unspecified atom stereocenters. The molecule has 37 heavy (non-hydrogen) atoms. The highest BCUT2D eigenvalue weighted by molar-refractivity contribution is 7.12. The minimum atomic E-state index is -0.319. The number of benzene rings is 3. The Morgan fingerprint density at radius 3 is 2.19 bits per heavy atom. The monoisotopic (exact) mass is 507 g/mol. The maximum atomic E-state index is 13.8. The summed E-state index contributed by atoms with van der Waals surface area (Å²) in [7, 11) is 0. The van der Waals surface area contributed by atoms with Crippen LogP contribution in [0.4, 0.5) is 0 Å². The molecule has 0 aliphatic heterocycles. The van der Waals surface area contributed by atoms with E-state index in [-0.39, 0.29) is 23.2 Å². The summed E-state index contributed by atoms with van der Waals surface area (Å²) in [5.41, 5.74) is 8.92. The first-order valence-corrected chi connectivity index (χ1v) is 13.3. The summed E-state index contributed by atoms with van der Waals surface area (Å²) >= 11 is 1.14. The minimum absolute atomic E-state index is 0.167. The molecule has 3 aromatic carbocycles. The van der Waals surface area contributed by atoms with Crippen LogP contribution in [0.5, 0.6) is 0 Å². The third kappa shape index (κ3) is 4.15. The zero-order valence-electron chi connectivity index (χ0n) is 20.4. The molecule has 4 bridgehead atoms. The molecule has 184 valence electrons. The third-order valence-electron chi connectivity index (χ3n) is 6.99. The molecule has 5 aliphatic carbocycles. The van der Waals surface area contributed by atoms with Crippen LogP contribution in [0, 0.1) is 0 Å². The molecule has 0 saturated carbocycles. The lowest BCUT2D eigenvalue weighted by molar-refractivity contribution is 0.0969. The lowest BCUT2D eigenvalue weighted by Crippen LogP contribution is -2.35. The zero-order valence-corrected chi connectivity index (χ0v) is 21.2. The van der Waals surface area contributed by atoms with Crippen molar-refractivity contribution in [3.8, 4) is 0 Å². The molecule has 0 fully saturated rings. The molecule has 0 radical (unpaired) electrons. The van der Waals surface area contributed by atoms with Crippen molar-refractivity contribution in [2.45, 2.75) is 32.6 Å². The molecule has 1 amide bonds. The maximum Gasteiger partial charge on any atom is 0.270 e. The van der Waals surface area contributed by atoms with Gasteiger partial charge >= 0.3 is 0 Å². The molecular formula is C30H25N3O3S. The van der Waals surface area contributed by atoms with Gasteiger partial charge in [0.15, 0.2) is 0 Å². The smallest absolute Gasteiger partial charge is 0.270 e. The van der Waals surface area contributed by atoms with Gasteiger partial charge in [0, 0.05) is 23.2 Å². The molecule has 5 aliphatic rings. The number of nitrogens with one attached hydrogen (secondary N) is 1. The molecule has 0 saturated heterocycles. The second-order valence-electron chi connectivity index (χ2n) is 9.32. The molecule has 0 spiro atoms. The van der Waals surface area contributed by atoms with E-state index in [9.17, 15) is 14.4 Å². The Morgan fingerprint density at radius 2 is 1.49 bits per heavy atom. The lowest BCUT2D eigenvalue weighted by atomic mass is 9.91. The predicted octanol–water partition coefficient (Wildman–Crippen LogP) is 4.51. The number of nitrogens with zero attached hydrogens (tertiary/aromatic N) is 2. The third-order valence-corrected chi connectivity index (χ3v) is 8.07. The van der Waals surface area contributed by atoms with Gasteiger partial charge in [-0.05, 0) is 60.9 Å². The van der Waals surface area contributed by atoms with Crippen molar-refractivity contribution >= 4 is 28.8 Å². The first-order chi connectivity index (χ1) is 18.0. The van der Waals surface area contributed by atoms with Gasteiger partial charge in [0.2, 0.25) is 16.4 Å². The number of ketones is 2. The average Bonchev–Trinajstić information content (AvgIpc) is 3.27. The number of hydrogen-bond acceptors (Lipinski definition) is 5. The standard InChI is InChI=1S/C30H25N3O3S/c1-2-31-30-33(25-26(34)22-5-3-4-6-23(22)27(35)28(25)37-30)32-29(36)24-17-20-12-11-18-7-9-19(10-8-18)13-15-21(24)16-14-20/h3-10,14,16-17H,2,11-13,15H2,1H3,(H,32,36). The first kappa shape index (κ1) is 23.3. The van der Waals surface area contributed by atoms with Crippen molar-refractivity contribution in [3.05, 3.63) is 121 Å². The zero-order chi connectivity index (χ0) is 25.5. The van der Waals surface area contributed by atoms with Crippen molar-refractivity contribution in [3.63, 3.8) is 0 Å². The van der Waals surface area contributed by atoms with Gasteiger partial charge in [-0.3, -0.25) is 24.8 Å². The number of fused-ring (bicyclic) bond motifs is 2. The van der Waals surface area contributed by atoms with Crippen LogP contribution in [0.3, 0.4) is 0 Å². The van der Waals surface area contributed by atoms with Gasteiger partial charge in [-0.2, -0.15) is 0 Å². The van der Waals surface area contributed by atoms with Gasteiger partial charge in [-0.25, -0.2) is 4.68 Å². The van der Waals surface area contributed by atoms with Gasteiger partial charge in [0.25, 0.3) is 5.91 Å². The van der Waals surface area contributed by atoms with Crippen LogP contribution < -0.4 is 10.2 Å². The van der Waals surface area contributed by atoms with Crippen LogP contribution in [0.15, 0.2) is 71.7 Å². The molecule has 6 nitrogen and oxygen atoms in total. The number of aryl methyl sites for hydroxylation is 4. The molecular weight excluding hydrogens is 482 g/mol. The van der Waals surface area contributed by atoms with Gasteiger partial charge in [0.05, 0.1) is 0 Å². The van der Waals surface area contributed by atoms with Crippen LogP contribution in [0.25, 0.3) is 0 Å². The van der Waals surface area contributed by atoms with Crippen LogP contribution >= 0.6 is 11.3 Å². The quantitative estimate of drug-likeness (QED) is 0.390. The number of carbonyl (C=O) groups excluding carboxylic acids is 3. The fourth-order valence-electron chi connectivity index (χ4n) is 5.02. The van der Waals surface area contributed by atoms with Crippen LogP contribution in [0.2, 0.25) is 0 Å². The number of hydrogen-bond donors (Lipinski definition) is 1. The highest BCUT2D eigenvalue weighted by Gasteiger charge is 2.35. The minimum Gasteiger partial charge on any atom is -0.288 e. The predicted molar refractivity (Wildman–Crippen MR) is 143 cm³/mol. The average molecular weight is 508 g/mol. The molecule has 9 rings (SSSR count). The molecule has 1 aromatic heterocycles. The fraction of sp³-hybridized carbons (Fsp3) is 0.200. The molecule has 4 aromatic rings. The summed E-state index contributed by atoms with van der Waals surface area (Å²) in [6.45, 7) is 2.32. The fourth-order valence-corrected chi connectivity index (χ4v) is 6.11. The van der Waals surface area contributed by atoms with Gasteiger partial charge in [-0.15, -0.1) is 0 Å². The number of aromatic nitrogens is 1. The number of amides is 1. The molecule has 1 N–H and O–H groups in total. The van der Waals surface area contributed by atoms with Gasteiger partial charge in [-0.1, -0.05) is 72.0 Å². The second-order valence-corrected chi connectivity index (χ2v) is 10.3. The second kappa shape index (κ2) is 9.41. The normalized spacial score (nSPS) is 14.7. The van der Waals surface area contributed by atoms with Gasteiger partial charge < -0.3 is 0 Å². The summed E-state index contributed by atoms with van der Waals surface area (Å²) in [6, 6.07) is 21.6. The van der Waals surface area contributed by atoms with Crippen LogP contribution in [0.1, 0.15) is 70.8 Å². The van der Waals surface area contributed by atoms with Crippen molar-refractivity contribution in [1.29, 1.82) is 0 Å². The SMILES string of the molecule is CCN=c1sc2c(n1NC(=O)c1cc3ccc1CCc1ccc(cc1)CC3)C(=O)c1ccccc1C2=O. The lowest BCUT2D eigenvalue weighted by Gasteiger charge is -2.18. The van der Waals surface area contributed by atoms with E-state index in [1.165, 1.54) is 15.8 Å². The summed E-state index contributed by atoms with van der Waals surface area (Å²) in [4.78, 5) is 45.7. The highest BCUT2D eigenvalue weighted by Crippen LogP contribution is 2.29. The van der Waals surface area contributed by atoms with Crippen molar-refractivity contribution in [1.82, 2.24) is 4.68 Å². The molecule has 7 heteroatoms. The van der Waals surface area contributed by atoms with E-state index in [2.05, 4.69) is 40.8 Å². The van der Waals surface area contributed by atoms with E-state index in [1.807, 2.05) is 19.1 Å². The Balaban J connectivity index is 1.41. The Kier molecular flexibility index (Phi) is 5.93. The van der Waals surface area contributed by atoms with Gasteiger partial charge in [0.1, 0.15) is 10.6 Å². The van der Waals surface area contributed by atoms with E-state index in [1.54, 1.807) is 24.3 Å². The van der Waals surface area contributed by atoms with E-state index in [0.717, 1.165) is 41.7 Å². The molecule has 0 atom stereocenters. The molecule has 1 heterocycles. The Bertz CT molecular complexity index is 1640. The van der Waals surface area contributed by atoms with E-state index < -0.39 is 0 Å². The Morgan fingerprint density at radius 1 is 0.865 bits per heavy atom. The first-order valence-electron chi connectivity index (χ1n) is 12.5. The number of carbonyl (C=O) groups is 3. The Hall–Kier alpha value is -4.10. The van der Waals surface area contributed by atoms with E-state index in [4.69, 9.17) is 0 Å². The number of rotatable bonds is 3. The maximum absolute atomic E-state index is 13.8. The summed E-state index contributed by atoms with van der Waals surface area (Å²) in [6.07, 6.45) is 3.25. The van der Waals surface area contributed by atoms with Crippen LogP contribution in [-0.4, -0.2) is 28.7 Å². The van der Waals surface area contributed by atoms with Crippen molar-refractivity contribution in [2.75, 3.05) is 12.0 Å². The number of thiazole rings is 1. The topological polar surface area (TPSA) is 80.5 Å². The van der Waals surface area contributed by atoms with Crippen molar-refractivity contribution in [2.24, 2.45) is 4.99 Å². The highest BCUT2D eigenvalue weighted by atomic mass is 32.1.